The Bertz CT molecular complexity index is 473. The normalized spacial score (nSPS) is 14.6. The summed E-state index contributed by atoms with van der Waals surface area (Å²) in [6.45, 7) is 8.39. The number of nitrogens with one attached hydrogen (secondary N) is 1. The summed E-state index contributed by atoms with van der Waals surface area (Å²) in [6.07, 6.45) is 8.95. The van der Waals surface area contributed by atoms with Crippen molar-refractivity contribution in [3.63, 3.8) is 0 Å². The van der Waals surface area contributed by atoms with E-state index >= 15 is 0 Å². The Hall–Kier alpha value is -1.54. The predicted octanol–water partition coefficient (Wildman–Crippen LogP) is 4.62. The molecule has 2 nitrogen and oxygen atoms in total. The maximum atomic E-state index is 5.60. The molecule has 1 aliphatic carbocycles. The van der Waals surface area contributed by atoms with Gasteiger partial charge in [-0.15, -0.1) is 0 Å². The Morgan fingerprint density at radius 1 is 1.24 bits per heavy atom. The van der Waals surface area contributed by atoms with Crippen molar-refractivity contribution >= 4 is 0 Å². The van der Waals surface area contributed by atoms with Crippen LogP contribution in [0.25, 0.3) is 0 Å². The molecule has 0 heterocycles. The van der Waals surface area contributed by atoms with Crippen LogP contribution in [0.1, 0.15) is 44.6 Å². The molecule has 0 spiro atoms. The largest absolute Gasteiger partial charge is 0.489 e. The second kappa shape index (κ2) is 8.68. The molecule has 0 saturated heterocycles. The van der Waals surface area contributed by atoms with Crippen LogP contribution in [0, 0.1) is 0 Å². The lowest BCUT2D eigenvalue weighted by Gasteiger charge is -2.13. The molecule has 0 saturated carbocycles. The summed E-state index contributed by atoms with van der Waals surface area (Å²) in [7, 11) is 0. The zero-order chi connectivity index (χ0) is 14.9. The van der Waals surface area contributed by atoms with Crippen molar-refractivity contribution in [1.82, 2.24) is 5.32 Å². The third-order valence-electron chi connectivity index (χ3n) is 3.75. The second-order valence-corrected chi connectivity index (χ2v) is 5.92. The summed E-state index contributed by atoms with van der Waals surface area (Å²) < 4.78 is 5.60. The molecule has 2 heteroatoms. The van der Waals surface area contributed by atoms with E-state index < -0.39 is 0 Å². The summed E-state index contributed by atoms with van der Waals surface area (Å²) in [5, 5.41) is 3.52. The molecule has 0 unspecified atom stereocenters. The smallest absolute Gasteiger partial charge is 0.119 e. The lowest BCUT2D eigenvalue weighted by molar-refractivity contribution is 0.352. The molecule has 0 fully saturated rings. The fourth-order valence-corrected chi connectivity index (χ4v) is 2.52. The predicted molar refractivity (Wildman–Crippen MR) is 89.6 cm³/mol. The maximum Gasteiger partial charge on any atom is 0.119 e. The molecular weight excluding hydrogens is 258 g/mol. The highest BCUT2D eigenvalue weighted by molar-refractivity contribution is 5.27. The molecular formula is C19H27NO. The topological polar surface area (TPSA) is 21.3 Å². The van der Waals surface area contributed by atoms with Gasteiger partial charge in [-0.05, 0) is 68.8 Å². The SMILES string of the molecule is C=C(C)COc1ccc(CNCCC2=CCCCC2)cc1. The van der Waals surface area contributed by atoms with E-state index in [0.717, 1.165) is 24.4 Å². The number of ether oxygens (including phenoxy) is 1. The molecule has 1 aromatic rings. The number of hydrogen-bond acceptors (Lipinski definition) is 2. The summed E-state index contributed by atoms with van der Waals surface area (Å²) in [5.74, 6) is 0.911. The number of benzene rings is 1. The van der Waals surface area contributed by atoms with Gasteiger partial charge in [-0.3, -0.25) is 0 Å². The Balaban J connectivity index is 1.66. The number of hydrogen-bond donors (Lipinski definition) is 1. The van der Waals surface area contributed by atoms with Gasteiger partial charge in [0.2, 0.25) is 0 Å². The monoisotopic (exact) mass is 285 g/mol. The minimum Gasteiger partial charge on any atom is -0.489 e. The van der Waals surface area contributed by atoms with Crippen molar-refractivity contribution in [2.24, 2.45) is 0 Å². The van der Waals surface area contributed by atoms with Gasteiger partial charge in [0.1, 0.15) is 12.4 Å². The highest BCUT2D eigenvalue weighted by Gasteiger charge is 2.03. The molecule has 0 atom stereocenters. The van der Waals surface area contributed by atoms with Crippen LogP contribution < -0.4 is 10.1 Å². The van der Waals surface area contributed by atoms with Crippen molar-refractivity contribution in [2.45, 2.75) is 45.6 Å². The molecule has 1 N–H and O–H groups in total. The zero-order valence-corrected chi connectivity index (χ0v) is 13.2. The van der Waals surface area contributed by atoms with Gasteiger partial charge in [0.25, 0.3) is 0 Å². The third-order valence-corrected chi connectivity index (χ3v) is 3.75. The van der Waals surface area contributed by atoms with E-state index in [2.05, 4.69) is 30.1 Å². The highest BCUT2D eigenvalue weighted by atomic mass is 16.5. The van der Waals surface area contributed by atoms with E-state index in [1.54, 1.807) is 5.57 Å². The maximum absolute atomic E-state index is 5.60. The fourth-order valence-electron chi connectivity index (χ4n) is 2.52. The first-order chi connectivity index (χ1) is 10.2. The molecule has 0 aliphatic heterocycles. The van der Waals surface area contributed by atoms with Gasteiger partial charge in [-0.25, -0.2) is 0 Å². The summed E-state index contributed by atoms with van der Waals surface area (Å²) in [6, 6.07) is 8.31. The van der Waals surface area contributed by atoms with Crippen molar-refractivity contribution in [3.8, 4) is 5.75 Å². The van der Waals surface area contributed by atoms with Crippen molar-refractivity contribution in [3.05, 3.63) is 53.6 Å². The fraction of sp³-hybridized carbons (Fsp3) is 0.474. The van der Waals surface area contributed by atoms with Gasteiger partial charge in [0, 0.05) is 6.54 Å². The van der Waals surface area contributed by atoms with Crippen LogP contribution in [-0.2, 0) is 6.54 Å². The Morgan fingerprint density at radius 3 is 2.71 bits per heavy atom. The molecule has 114 valence electrons. The first-order valence-electron chi connectivity index (χ1n) is 7.99. The second-order valence-electron chi connectivity index (χ2n) is 5.92. The average molecular weight is 285 g/mol. The minimum absolute atomic E-state index is 0.590. The van der Waals surface area contributed by atoms with Gasteiger partial charge < -0.3 is 10.1 Å². The van der Waals surface area contributed by atoms with Gasteiger partial charge in [-0.1, -0.05) is 30.4 Å². The molecule has 21 heavy (non-hydrogen) atoms. The van der Waals surface area contributed by atoms with E-state index in [1.165, 1.54) is 37.7 Å². The Kier molecular flexibility index (Phi) is 6.55. The van der Waals surface area contributed by atoms with E-state index in [9.17, 15) is 0 Å². The van der Waals surface area contributed by atoms with Gasteiger partial charge >= 0.3 is 0 Å². The van der Waals surface area contributed by atoms with E-state index in [-0.39, 0.29) is 0 Å². The Morgan fingerprint density at radius 2 is 2.05 bits per heavy atom. The quantitative estimate of drug-likeness (QED) is 0.556. The van der Waals surface area contributed by atoms with Gasteiger partial charge in [-0.2, -0.15) is 0 Å². The van der Waals surface area contributed by atoms with Crippen molar-refractivity contribution in [2.75, 3.05) is 13.2 Å². The lowest BCUT2D eigenvalue weighted by Crippen LogP contribution is -2.15. The molecule has 2 rings (SSSR count). The van der Waals surface area contributed by atoms with Crippen LogP contribution in [0.4, 0.5) is 0 Å². The van der Waals surface area contributed by atoms with Gasteiger partial charge in [0.15, 0.2) is 0 Å². The number of rotatable bonds is 8. The molecule has 0 aromatic heterocycles. The summed E-state index contributed by atoms with van der Waals surface area (Å²) in [4.78, 5) is 0. The molecule has 1 aromatic carbocycles. The van der Waals surface area contributed by atoms with Crippen LogP contribution in [0.15, 0.2) is 48.1 Å². The average Bonchev–Trinajstić information content (AvgIpc) is 2.52. The first-order valence-corrected chi connectivity index (χ1v) is 7.99. The Labute approximate surface area is 128 Å². The zero-order valence-electron chi connectivity index (χ0n) is 13.2. The number of allylic oxidation sites excluding steroid dienone is 1. The van der Waals surface area contributed by atoms with Crippen LogP contribution in [0.3, 0.4) is 0 Å². The van der Waals surface area contributed by atoms with Crippen LogP contribution >= 0.6 is 0 Å². The summed E-state index contributed by atoms with van der Waals surface area (Å²) >= 11 is 0. The van der Waals surface area contributed by atoms with Crippen LogP contribution in [0.2, 0.25) is 0 Å². The first kappa shape index (κ1) is 15.8. The molecule has 0 radical (unpaired) electrons. The van der Waals surface area contributed by atoms with Gasteiger partial charge in [0.05, 0.1) is 0 Å². The van der Waals surface area contributed by atoms with Crippen LogP contribution in [0.5, 0.6) is 5.75 Å². The van der Waals surface area contributed by atoms with Crippen molar-refractivity contribution in [1.29, 1.82) is 0 Å². The van der Waals surface area contributed by atoms with E-state index in [0.29, 0.717) is 6.61 Å². The van der Waals surface area contributed by atoms with Crippen LogP contribution in [-0.4, -0.2) is 13.2 Å². The lowest BCUT2D eigenvalue weighted by atomic mass is 9.97. The highest BCUT2D eigenvalue weighted by Crippen LogP contribution is 2.19. The molecule has 1 aliphatic rings. The molecule has 0 bridgehead atoms. The van der Waals surface area contributed by atoms with E-state index in [4.69, 9.17) is 4.74 Å². The summed E-state index contributed by atoms with van der Waals surface area (Å²) in [5.41, 5.74) is 3.98. The third kappa shape index (κ3) is 6.17. The molecule has 0 amide bonds. The van der Waals surface area contributed by atoms with Crippen molar-refractivity contribution < 1.29 is 4.74 Å². The minimum atomic E-state index is 0.590. The van der Waals surface area contributed by atoms with E-state index in [1.807, 2.05) is 19.1 Å². The standard InChI is InChI=1S/C19H27NO/c1-16(2)15-21-19-10-8-18(9-11-19)14-20-13-12-17-6-4-3-5-7-17/h6,8-11,20H,1,3-5,7,12-15H2,2H3.